The normalized spacial score (nSPS) is 16.8. The number of nitrogens with zero attached hydrogens (tertiary/aromatic N) is 2. The Morgan fingerprint density at radius 1 is 0.968 bits per heavy atom. The van der Waals surface area contributed by atoms with Crippen LogP contribution in [-0.2, 0) is 26.7 Å². The van der Waals surface area contributed by atoms with Crippen LogP contribution in [0.15, 0.2) is 54.6 Å². The standard InChI is InChI=1S/C22H25F3N2O3S/c1-17(19-7-9-20(10-8-19)22(23,24)25)15-21(28)26-11-13-27(14-12-26)31(29,30)16-18-5-3-2-4-6-18/h2-10,17H,11-16H2,1H3. The number of hydrogen-bond donors (Lipinski definition) is 0. The van der Waals surface area contributed by atoms with Crippen LogP contribution in [0.1, 0.15) is 36.0 Å². The number of carbonyl (C=O) groups excluding carboxylic acids is 1. The maximum Gasteiger partial charge on any atom is 0.416 e. The summed E-state index contributed by atoms with van der Waals surface area (Å²) in [5.41, 5.74) is 0.652. The molecule has 3 rings (SSSR count). The molecule has 0 aliphatic carbocycles. The Kier molecular flexibility index (Phi) is 7.06. The maximum atomic E-state index is 12.7. The molecule has 2 aromatic carbocycles. The fourth-order valence-electron chi connectivity index (χ4n) is 3.60. The van der Waals surface area contributed by atoms with Gasteiger partial charge in [-0.1, -0.05) is 49.4 Å². The van der Waals surface area contributed by atoms with E-state index in [-0.39, 0.29) is 37.1 Å². The van der Waals surface area contributed by atoms with Crippen LogP contribution in [0.3, 0.4) is 0 Å². The number of piperazine rings is 1. The van der Waals surface area contributed by atoms with Crippen molar-refractivity contribution in [3.63, 3.8) is 0 Å². The van der Waals surface area contributed by atoms with Crippen LogP contribution >= 0.6 is 0 Å². The Hall–Kier alpha value is -2.39. The number of amides is 1. The molecule has 0 spiro atoms. The number of carbonyl (C=O) groups is 1. The second-order valence-corrected chi connectivity index (χ2v) is 9.72. The Balaban J connectivity index is 1.53. The zero-order chi connectivity index (χ0) is 22.6. The predicted octanol–water partition coefficient (Wildman–Crippen LogP) is 3.87. The fourth-order valence-corrected chi connectivity index (χ4v) is 5.12. The van der Waals surface area contributed by atoms with Crippen LogP contribution in [0, 0.1) is 0 Å². The highest BCUT2D eigenvalue weighted by Crippen LogP contribution is 2.30. The highest BCUT2D eigenvalue weighted by molar-refractivity contribution is 7.88. The van der Waals surface area contributed by atoms with E-state index in [4.69, 9.17) is 0 Å². The van der Waals surface area contributed by atoms with Crippen LogP contribution in [0.25, 0.3) is 0 Å². The molecule has 0 aromatic heterocycles. The van der Waals surface area contributed by atoms with E-state index in [0.717, 1.165) is 12.1 Å². The summed E-state index contributed by atoms with van der Waals surface area (Å²) in [7, 11) is -3.46. The zero-order valence-corrected chi connectivity index (χ0v) is 18.0. The Bertz CT molecular complexity index is 985. The van der Waals surface area contributed by atoms with Gasteiger partial charge in [0.2, 0.25) is 15.9 Å². The first-order valence-electron chi connectivity index (χ1n) is 10.0. The molecular weight excluding hydrogens is 429 g/mol. The number of rotatable bonds is 6. The molecule has 2 aromatic rings. The van der Waals surface area contributed by atoms with Gasteiger partial charge in [0.1, 0.15) is 0 Å². The van der Waals surface area contributed by atoms with E-state index in [1.54, 1.807) is 36.1 Å². The zero-order valence-electron chi connectivity index (χ0n) is 17.2. The van der Waals surface area contributed by atoms with Gasteiger partial charge in [-0.05, 0) is 29.2 Å². The van der Waals surface area contributed by atoms with Gasteiger partial charge in [-0.15, -0.1) is 0 Å². The van der Waals surface area contributed by atoms with Gasteiger partial charge in [0.15, 0.2) is 0 Å². The molecule has 168 valence electrons. The Morgan fingerprint density at radius 3 is 2.10 bits per heavy atom. The van der Waals surface area contributed by atoms with Crippen LogP contribution < -0.4 is 0 Å². The molecule has 1 unspecified atom stereocenters. The van der Waals surface area contributed by atoms with Gasteiger partial charge in [-0.3, -0.25) is 4.79 Å². The van der Waals surface area contributed by atoms with Gasteiger partial charge in [-0.2, -0.15) is 17.5 Å². The van der Waals surface area contributed by atoms with Crippen molar-refractivity contribution in [3.8, 4) is 0 Å². The molecule has 1 aliphatic heterocycles. The summed E-state index contributed by atoms with van der Waals surface area (Å²) in [4.78, 5) is 14.3. The molecule has 1 heterocycles. The number of hydrogen-bond acceptors (Lipinski definition) is 3. The third-order valence-electron chi connectivity index (χ3n) is 5.46. The number of sulfonamides is 1. The van der Waals surface area contributed by atoms with E-state index < -0.39 is 21.8 Å². The molecule has 31 heavy (non-hydrogen) atoms. The Morgan fingerprint density at radius 2 is 1.55 bits per heavy atom. The van der Waals surface area contributed by atoms with Gasteiger partial charge in [-0.25, -0.2) is 8.42 Å². The lowest BCUT2D eigenvalue weighted by molar-refractivity contribution is -0.137. The van der Waals surface area contributed by atoms with Crippen LogP contribution in [0.5, 0.6) is 0 Å². The summed E-state index contributed by atoms with van der Waals surface area (Å²) in [5.74, 6) is -0.450. The fraction of sp³-hybridized carbons (Fsp3) is 0.409. The van der Waals surface area contributed by atoms with E-state index in [1.807, 2.05) is 6.07 Å². The van der Waals surface area contributed by atoms with Crippen LogP contribution in [-0.4, -0.2) is 49.7 Å². The van der Waals surface area contributed by atoms with Crippen molar-refractivity contribution in [1.29, 1.82) is 0 Å². The summed E-state index contributed by atoms with van der Waals surface area (Å²) in [6.07, 6.45) is -4.24. The summed E-state index contributed by atoms with van der Waals surface area (Å²) >= 11 is 0. The minimum Gasteiger partial charge on any atom is -0.340 e. The van der Waals surface area contributed by atoms with Crippen molar-refractivity contribution in [1.82, 2.24) is 9.21 Å². The Labute approximate surface area is 180 Å². The number of alkyl halides is 3. The molecule has 9 heteroatoms. The highest BCUT2D eigenvalue weighted by atomic mass is 32.2. The third-order valence-corrected chi connectivity index (χ3v) is 7.31. The molecule has 1 saturated heterocycles. The SMILES string of the molecule is CC(CC(=O)N1CCN(S(=O)(=O)Cc2ccccc2)CC1)c1ccc(C(F)(F)F)cc1. The van der Waals surface area contributed by atoms with Crippen LogP contribution in [0.4, 0.5) is 13.2 Å². The molecular formula is C22H25F3N2O3S. The van der Waals surface area contributed by atoms with Crippen molar-refractivity contribution in [2.45, 2.75) is 31.2 Å². The second-order valence-electron chi connectivity index (χ2n) is 7.75. The van der Waals surface area contributed by atoms with Crippen LogP contribution in [0.2, 0.25) is 0 Å². The van der Waals surface area contributed by atoms with Crippen molar-refractivity contribution >= 4 is 15.9 Å². The van der Waals surface area contributed by atoms with Gasteiger partial charge < -0.3 is 4.90 Å². The second kappa shape index (κ2) is 9.40. The summed E-state index contributed by atoms with van der Waals surface area (Å²) in [6, 6.07) is 13.8. The predicted molar refractivity (Wildman–Crippen MR) is 112 cm³/mol. The minimum absolute atomic E-state index is 0.0766. The average molecular weight is 455 g/mol. The van der Waals surface area contributed by atoms with Gasteiger partial charge >= 0.3 is 6.18 Å². The first kappa shape index (κ1) is 23.3. The number of halogens is 3. The summed E-state index contributed by atoms with van der Waals surface area (Å²) in [5, 5.41) is 0. The van der Waals surface area contributed by atoms with E-state index in [1.165, 1.54) is 16.4 Å². The molecule has 0 saturated carbocycles. The van der Waals surface area contributed by atoms with Crippen molar-refractivity contribution < 1.29 is 26.4 Å². The molecule has 5 nitrogen and oxygen atoms in total. The molecule has 1 amide bonds. The maximum absolute atomic E-state index is 12.7. The topological polar surface area (TPSA) is 57.7 Å². The lowest BCUT2D eigenvalue weighted by atomic mass is 9.96. The molecule has 0 N–H and O–H groups in total. The van der Waals surface area contributed by atoms with E-state index in [2.05, 4.69) is 0 Å². The van der Waals surface area contributed by atoms with E-state index in [0.29, 0.717) is 24.2 Å². The molecule has 1 fully saturated rings. The summed E-state index contributed by atoms with van der Waals surface area (Å²) in [6.45, 7) is 2.85. The highest BCUT2D eigenvalue weighted by Gasteiger charge is 2.31. The monoisotopic (exact) mass is 454 g/mol. The van der Waals surface area contributed by atoms with E-state index in [9.17, 15) is 26.4 Å². The first-order valence-corrected chi connectivity index (χ1v) is 11.6. The van der Waals surface area contributed by atoms with Crippen molar-refractivity contribution in [2.24, 2.45) is 0 Å². The quantitative estimate of drug-likeness (QED) is 0.666. The molecule has 1 atom stereocenters. The smallest absolute Gasteiger partial charge is 0.340 e. The lowest BCUT2D eigenvalue weighted by Gasteiger charge is -2.34. The van der Waals surface area contributed by atoms with Crippen molar-refractivity contribution in [2.75, 3.05) is 26.2 Å². The summed E-state index contributed by atoms with van der Waals surface area (Å²) < 4.78 is 64.8. The largest absolute Gasteiger partial charge is 0.416 e. The molecule has 1 aliphatic rings. The lowest BCUT2D eigenvalue weighted by Crippen LogP contribution is -2.50. The average Bonchev–Trinajstić information content (AvgIpc) is 2.73. The molecule has 0 bridgehead atoms. The van der Waals surface area contributed by atoms with Gasteiger partial charge in [0.05, 0.1) is 11.3 Å². The van der Waals surface area contributed by atoms with E-state index >= 15 is 0 Å². The van der Waals surface area contributed by atoms with Gasteiger partial charge in [0, 0.05) is 32.6 Å². The molecule has 0 radical (unpaired) electrons. The first-order chi connectivity index (χ1) is 14.6. The van der Waals surface area contributed by atoms with Crippen molar-refractivity contribution in [3.05, 3.63) is 71.3 Å². The number of benzene rings is 2. The minimum atomic E-state index is -4.39. The van der Waals surface area contributed by atoms with Gasteiger partial charge in [0.25, 0.3) is 0 Å². The third kappa shape index (κ3) is 6.07.